The van der Waals surface area contributed by atoms with E-state index in [0.29, 0.717) is 5.92 Å². The third-order valence-corrected chi connectivity index (χ3v) is 5.52. The fourth-order valence-electron chi connectivity index (χ4n) is 3.25. The van der Waals surface area contributed by atoms with Crippen LogP contribution in [-0.4, -0.2) is 18.8 Å². The van der Waals surface area contributed by atoms with E-state index in [0.717, 1.165) is 23.6 Å². The number of nitrogens with two attached hydrogens (primary N) is 1. The first-order valence-electron chi connectivity index (χ1n) is 6.85. The highest BCUT2D eigenvalue weighted by Crippen LogP contribution is 2.38. The molecule has 3 unspecified atom stereocenters. The quantitative estimate of drug-likeness (QED) is 0.647. The average molecular weight is 303 g/mol. The van der Waals surface area contributed by atoms with Crippen molar-refractivity contribution in [2.24, 2.45) is 11.8 Å². The van der Waals surface area contributed by atoms with Crippen LogP contribution in [0.5, 0.6) is 0 Å². The first-order chi connectivity index (χ1) is 9.09. The molecule has 1 aromatic rings. The summed E-state index contributed by atoms with van der Waals surface area (Å²) in [5, 5.41) is 0. The van der Waals surface area contributed by atoms with Crippen LogP contribution < -0.4 is 11.3 Å². The lowest BCUT2D eigenvalue weighted by atomic mass is 9.73. The van der Waals surface area contributed by atoms with E-state index in [-0.39, 0.29) is 11.6 Å². The molecule has 3 nitrogen and oxygen atoms in total. The Bertz CT molecular complexity index is 412. The number of hydrogen-bond acceptors (Lipinski definition) is 4. The summed E-state index contributed by atoms with van der Waals surface area (Å²) in [6, 6.07) is 4.15. The number of halogens is 1. The van der Waals surface area contributed by atoms with Gasteiger partial charge in [-0.15, -0.1) is 11.3 Å². The van der Waals surface area contributed by atoms with Gasteiger partial charge in [0.05, 0.1) is 16.0 Å². The smallest absolute Gasteiger partial charge is 0.0931 e. The summed E-state index contributed by atoms with van der Waals surface area (Å²) < 4.78 is 6.74. The molecule has 1 saturated carbocycles. The van der Waals surface area contributed by atoms with Gasteiger partial charge >= 0.3 is 0 Å². The lowest BCUT2D eigenvalue weighted by molar-refractivity contribution is -0.0789. The minimum Gasteiger partial charge on any atom is -0.377 e. The van der Waals surface area contributed by atoms with Gasteiger partial charge in [-0.25, -0.2) is 0 Å². The number of rotatable bonds is 5. The summed E-state index contributed by atoms with van der Waals surface area (Å²) in [4.78, 5) is 1.25. The van der Waals surface area contributed by atoms with E-state index in [1.165, 1.54) is 17.7 Å². The lowest BCUT2D eigenvalue weighted by Gasteiger charge is -2.44. The summed E-state index contributed by atoms with van der Waals surface area (Å²) in [6.07, 6.45) is 5.50. The molecule has 108 valence electrons. The van der Waals surface area contributed by atoms with E-state index in [4.69, 9.17) is 22.2 Å². The predicted molar refractivity (Wildman–Crippen MR) is 81.5 cm³/mol. The van der Waals surface area contributed by atoms with Gasteiger partial charge in [0.25, 0.3) is 0 Å². The van der Waals surface area contributed by atoms with Crippen LogP contribution in [0.15, 0.2) is 12.1 Å². The molecule has 2 rings (SSSR count). The van der Waals surface area contributed by atoms with Crippen LogP contribution in [0.25, 0.3) is 0 Å². The Balaban J connectivity index is 2.13. The van der Waals surface area contributed by atoms with E-state index in [9.17, 15) is 0 Å². The Morgan fingerprint density at radius 1 is 1.63 bits per heavy atom. The van der Waals surface area contributed by atoms with Gasteiger partial charge in [-0.1, -0.05) is 31.4 Å². The molecule has 1 fully saturated rings. The van der Waals surface area contributed by atoms with Crippen molar-refractivity contribution in [2.45, 2.75) is 50.7 Å². The highest BCUT2D eigenvalue weighted by atomic mass is 35.5. The van der Waals surface area contributed by atoms with Crippen LogP contribution in [0.2, 0.25) is 4.34 Å². The molecule has 0 saturated heterocycles. The van der Waals surface area contributed by atoms with Gasteiger partial charge in [0.2, 0.25) is 0 Å². The maximum Gasteiger partial charge on any atom is 0.0931 e. The Morgan fingerprint density at radius 3 is 2.95 bits per heavy atom. The molecule has 0 aliphatic heterocycles. The Morgan fingerprint density at radius 2 is 2.42 bits per heavy atom. The summed E-state index contributed by atoms with van der Waals surface area (Å²) in [5.41, 5.74) is 2.83. The molecule has 0 radical (unpaired) electrons. The number of hydrazine groups is 1. The monoisotopic (exact) mass is 302 g/mol. The molecule has 0 bridgehead atoms. The predicted octanol–water partition coefficient (Wildman–Crippen LogP) is 3.37. The summed E-state index contributed by atoms with van der Waals surface area (Å²) in [7, 11) is 1.81. The maximum absolute atomic E-state index is 6.00. The zero-order valence-electron chi connectivity index (χ0n) is 11.6. The van der Waals surface area contributed by atoms with Crippen LogP contribution in [0.1, 0.15) is 37.5 Å². The molecule has 1 aliphatic carbocycles. The minimum atomic E-state index is -0.150. The third kappa shape index (κ3) is 3.50. The Kier molecular flexibility index (Phi) is 5.26. The van der Waals surface area contributed by atoms with Gasteiger partial charge in [-0.05, 0) is 30.9 Å². The Hall–Kier alpha value is -0.130. The topological polar surface area (TPSA) is 47.3 Å². The lowest BCUT2D eigenvalue weighted by Crippen LogP contribution is -2.57. The van der Waals surface area contributed by atoms with Crippen molar-refractivity contribution in [2.75, 3.05) is 7.11 Å². The highest BCUT2D eigenvalue weighted by molar-refractivity contribution is 7.16. The molecule has 1 aromatic heterocycles. The molecule has 5 heteroatoms. The van der Waals surface area contributed by atoms with Crippen LogP contribution in [0.3, 0.4) is 0 Å². The van der Waals surface area contributed by atoms with Crippen molar-refractivity contribution < 1.29 is 4.74 Å². The van der Waals surface area contributed by atoms with Crippen LogP contribution >= 0.6 is 22.9 Å². The largest absolute Gasteiger partial charge is 0.377 e. The van der Waals surface area contributed by atoms with Gasteiger partial charge in [0.15, 0.2) is 0 Å². The number of ether oxygens (including phenoxy) is 1. The number of thiophene rings is 1. The third-order valence-electron chi connectivity index (χ3n) is 4.27. The molecule has 19 heavy (non-hydrogen) atoms. The minimum absolute atomic E-state index is 0.134. The second-order valence-electron chi connectivity index (χ2n) is 5.60. The van der Waals surface area contributed by atoms with Gasteiger partial charge in [0, 0.05) is 18.4 Å². The van der Waals surface area contributed by atoms with Crippen molar-refractivity contribution in [3.05, 3.63) is 21.3 Å². The van der Waals surface area contributed by atoms with Crippen LogP contribution in [0, 0.1) is 5.92 Å². The average Bonchev–Trinajstić information content (AvgIpc) is 2.81. The number of methoxy groups -OCH3 is 1. The first-order valence-corrected chi connectivity index (χ1v) is 8.04. The van der Waals surface area contributed by atoms with Gasteiger partial charge in [-0.2, -0.15) is 0 Å². The molecular weight excluding hydrogens is 280 g/mol. The SMILES string of the molecule is COC1(C(Cc2ccc(Cl)s2)NN)CCCC(C)C1. The normalized spacial score (nSPS) is 29.4. The van der Waals surface area contributed by atoms with E-state index in [1.54, 1.807) is 11.3 Å². The number of nitrogens with one attached hydrogen (secondary N) is 1. The zero-order chi connectivity index (χ0) is 13.9. The first kappa shape index (κ1) is 15.3. The van der Waals surface area contributed by atoms with E-state index >= 15 is 0 Å². The molecule has 3 N–H and O–H groups in total. The van der Waals surface area contributed by atoms with E-state index in [1.807, 2.05) is 13.2 Å². The van der Waals surface area contributed by atoms with Crippen molar-refractivity contribution >= 4 is 22.9 Å². The van der Waals surface area contributed by atoms with Crippen molar-refractivity contribution in [3.8, 4) is 0 Å². The molecule has 1 heterocycles. The molecule has 0 spiro atoms. The van der Waals surface area contributed by atoms with Gasteiger partial charge in [-0.3, -0.25) is 11.3 Å². The van der Waals surface area contributed by atoms with Crippen molar-refractivity contribution in [1.29, 1.82) is 0 Å². The van der Waals surface area contributed by atoms with E-state index in [2.05, 4.69) is 18.4 Å². The van der Waals surface area contributed by atoms with Crippen molar-refractivity contribution in [3.63, 3.8) is 0 Å². The standard InChI is InChI=1S/C14H23ClN2OS/c1-10-4-3-7-14(9-10,18-2)12(17-16)8-11-5-6-13(15)19-11/h5-6,10,12,17H,3-4,7-9,16H2,1-2H3. The summed E-state index contributed by atoms with van der Waals surface area (Å²) in [6.45, 7) is 2.29. The van der Waals surface area contributed by atoms with Gasteiger partial charge in [0.1, 0.15) is 0 Å². The fraction of sp³-hybridized carbons (Fsp3) is 0.714. The second-order valence-corrected chi connectivity index (χ2v) is 7.40. The van der Waals surface area contributed by atoms with Crippen LogP contribution in [0.4, 0.5) is 0 Å². The molecule has 1 aliphatic rings. The van der Waals surface area contributed by atoms with Crippen molar-refractivity contribution in [1.82, 2.24) is 5.43 Å². The second kappa shape index (κ2) is 6.55. The van der Waals surface area contributed by atoms with Crippen LogP contribution in [-0.2, 0) is 11.2 Å². The molecule has 0 amide bonds. The molecular formula is C14H23ClN2OS. The maximum atomic E-state index is 6.00. The summed E-state index contributed by atoms with van der Waals surface area (Å²) >= 11 is 7.62. The highest BCUT2D eigenvalue weighted by Gasteiger charge is 2.41. The molecule has 0 aromatic carbocycles. The fourth-order valence-corrected chi connectivity index (χ4v) is 4.38. The summed E-state index contributed by atoms with van der Waals surface area (Å²) in [5.74, 6) is 6.50. The number of hydrogen-bond donors (Lipinski definition) is 2. The van der Waals surface area contributed by atoms with Gasteiger partial charge < -0.3 is 4.74 Å². The zero-order valence-corrected chi connectivity index (χ0v) is 13.2. The van der Waals surface area contributed by atoms with E-state index < -0.39 is 0 Å². The Labute approximate surface area is 124 Å². The molecule has 3 atom stereocenters.